The molecule has 22 heavy (non-hydrogen) atoms. The standard InChI is InChI=1S/C18H23N3O/c1-3-18-19-11-10-14(20-18)13-21-12-6-8-16(21)15-7-4-5-9-17(15)22-2/h4-5,7,9-11,16H,3,6,8,12-13H2,1-2H3/t16-/m0/s1. The first-order chi connectivity index (χ1) is 10.8. The van der Waals surface area contributed by atoms with Crippen molar-refractivity contribution in [2.24, 2.45) is 0 Å². The molecule has 116 valence electrons. The number of benzene rings is 1. The number of aromatic nitrogens is 2. The second-order valence-electron chi connectivity index (χ2n) is 5.69. The molecule has 1 aromatic carbocycles. The highest BCUT2D eigenvalue weighted by molar-refractivity contribution is 5.36. The van der Waals surface area contributed by atoms with Gasteiger partial charge in [0.15, 0.2) is 0 Å². The van der Waals surface area contributed by atoms with Crippen LogP contribution < -0.4 is 4.74 Å². The van der Waals surface area contributed by atoms with Crippen LogP contribution in [0.25, 0.3) is 0 Å². The Kier molecular flexibility index (Phi) is 4.68. The normalized spacial score (nSPS) is 18.5. The zero-order valence-corrected chi connectivity index (χ0v) is 13.3. The molecule has 1 aliphatic rings. The van der Waals surface area contributed by atoms with E-state index in [-0.39, 0.29) is 0 Å². The van der Waals surface area contributed by atoms with Gasteiger partial charge in [-0.05, 0) is 31.5 Å². The number of nitrogens with zero attached hydrogens (tertiary/aromatic N) is 3. The largest absolute Gasteiger partial charge is 0.496 e. The van der Waals surface area contributed by atoms with Crippen LogP contribution in [0.1, 0.15) is 42.9 Å². The highest BCUT2D eigenvalue weighted by Gasteiger charge is 2.28. The van der Waals surface area contributed by atoms with Crippen molar-refractivity contribution in [3.05, 3.63) is 53.6 Å². The van der Waals surface area contributed by atoms with Crippen LogP contribution in [0.15, 0.2) is 36.5 Å². The van der Waals surface area contributed by atoms with Gasteiger partial charge in [0.25, 0.3) is 0 Å². The van der Waals surface area contributed by atoms with Crippen LogP contribution >= 0.6 is 0 Å². The summed E-state index contributed by atoms with van der Waals surface area (Å²) in [5.41, 5.74) is 2.39. The van der Waals surface area contributed by atoms with Crippen molar-refractivity contribution in [1.82, 2.24) is 14.9 Å². The third kappa shape index (κ3) is 3.12. The first-order valence-electron chi connectivity index (χ1n) is 7.99. The molecule has 0 amide bonds. The molecule has 1 fully saturated rings. The smallest absolute Gasteiger partial charge is 0.128 e. The van der Waals surface area contributed by atoms with Crippen LogP contribution in [0.3, 0.4) is 0 Å². The average Bonchev–Trinajstić information content (AvgIpc) is 3.03. The monoisotopic (exact) mass is 297 g/mol. The van der Waals surface area contributed by atoms with E-state index in [0.29, 0.717) is 6.04 Å². The van der Waals surface area contributed by atoms with Crippen LogP contribution in [-0.2, 0) is 13.0 Å². The molecule has 0 aliphatic carbocycles. The van der Waals surface area contributed by atoms with Gasteiger partial charge >= 0.3 is 0 Å². The Hall–Kier alpha value is -1.94. The van der Waals surface area contributed by atoms with Gasteiger partial charge in [-0.1, -0.05) is 25.1 Å². The summed E-state index contributed by atoms with van der Waals surface area (Å²) in [5.74, 6) is 1.90. The van der Waals surface area contributed by atoms with Crippen molar-refractivity contribution in [3.8, 4) is 5.75 Å². The lowest BCUT2D eigenvalue weighted by Crippen LogP contribution is -2.24. The molecule has 1 atom stereocenters. The molecule has 1 aliphatic heterocycles. The summed E-state index contributed by atoms with van der Waals surface area (Å²) >= 11 is 0. The van der Waals surface area contributed by atoms with Crippen molar-refractivity contribution >= 4 is 0 Å². The van der Waals surface area contributed by atoms with Crippen molar-refractivity contribution in [1.29, 1.82) is 0 Å². The Morgan fingerprint density at radius 3 is 2.95 bits per heavy atom. The maximum Gasteiger partial charge on any atom is 0.128 e. The zero-order valence-electron chi connectivity index (χ0n) is 13.3. The second kappa shape index (κ2) is 6.88. The molecule has 0 spiro atoms. The van der Waals surface area contributed by atoms with Gasteiger partial charge in [-0.15, -0.1) is 0 Å². The number of likely N-dealkylation sites (tertiary alicyclic amines) is 1. The Morgan fingerprint density at radius 2 is 2.14 bits per heavy atom. The average molecular weight is 297 g/mol. The summed E-state index contributed by atoms with van der Waals surface area (Å²) < 4.78 is 5.54. The number of ether oxygens (including phenoxy) is 1. The van der Waals surface area contributed by atoms with Crippen LogP contribution in [-0.4, -0.2) is 28.5 Å². The minimum absolute atomic E-state index is 0.413. The summed E-state index contributed by atoms with van der Waals surface area (Å²) in [7, 11) is 1.75. The minimum Gasteiger partial charge on any atom is -0.496 e. The number of hydrogen-bond acceptors (Lipinski definition) is 4. The van der Waals surface area contributed by atoms with Gasteiger partial charge in [-0.3, -0.25) is 4.90 Å². The fourth-order valence-corrected chi connectivity index (χ4v) is 3.22. The van der Waals surface area contributed by atoms with E-state index in [0.717, 1.165) is 36.8 Å². The molecule has 0 bridgehead atoms. The second-order valence-corrected chi connectivity index (χ2v) is 5.69. The van der Waals surface area contributed by atoms with Crippen molar-refractivity contribution in [3.63, 3.8) is 0 Å². The van der Waals surface area contributed by atoms with E-state index in [9.17, 15) is 0 Å². The molecular formula is C18H23N3O. The van der Waals surface area contributed by atoms with Gasteiger partial charge in [0.1, 0.15) is 11.6 Å². The minimum atomic E-state index is 0.413. The van der Waals surface area contributed by atoms with Crippen LogP contribution in [0.4, 0.5) is 0 Å². The van der Waals surface area contributed by atoms with Crippen molar-refractivity contribution in [2.45, 2.75) is 38.8 Å². The number of para-hydroxylation sites is 1. The van der Waals surface area contributed by atoms with E-state index >= 15 is 0 Å². The van der Waals surface area contributed by atoms with E-state index in [1.54, 1.807) is 7.11 Å². The molecule has 1 saturated heterocycles. The predicted molar refractivity (Wildman–Crippen MR) is 86.8 cm³/mol. The number of methoxy groups -OCH3 is 1. The Morgan fingerprint density at radius 1 is 1.27 bits per heavy atom. The summed E-state index contributed by atoms with van der Waals surface area (Å²) in [5, 5.41) is 0. The molecule has 2 aromatic rings. The third-order valence-electron chi connectivity index (χ3n) is 4.31. The van der Waals surface area contributed by atoms with Gasteiger partial charge in [-0.2, -0.15) is 0 Å². The van der Waals surface area contributed by atoms with Crippen molar-refractivity contribution in [2.75, 3.05) is 13.7 Å². The Bertz CT molecular complexity index is 629. The molecule has 4 nitrogen and oxygen atoms in total. The highest BCUT2D eigenvalue weighted by atomic mass is 16.5. The molecule has 4 heteroatoms. The van der Waals surface area contributed by atoms with E-state index in [1.165, 1.54) is 18.4 Å². The molecule has 0 saturated carbocycles. The molecule has 3 rings (SSSR count). The fourth-order valence-electron chi connectivity index (χ4n) is 3.22. The summed E-state index contributed by atoms with van der Waals surface area (Å²) in [4.78, 5) is 11.4. The van der Waals surface area contributed by atoms with Gasteiger partial charge in [0.2, 0.25) is 0 Å². The lowest BCUT2D eigenvalue weighted by molar-refractivity contribution is 0.240. The van der Waals surface area contributed by atoms with Gasteiger partial charge in [0, 0.05) is 30.8 Å². The molecule has 0 radical (unpaired) electrons. The van der Waals surface area contributed by atoms with Crippen LogP contribution in [0.2, 0.25) is 0 Å². The van der Waals surface area contributed by atoms with Gasteiger partial charge in [0.05, 0.1) is 12.8 Å². The predicted octanol–water partition coefficient (Wildman–Crippen LogP) is 3.38. The highest BCUT2D eigenvalue weighted by Crippen LogP contribution is 2.37. The summed E-state index contributed by atoms with van der Waals surface area (Å²) in [6.07, 6.45) is 5.14. The number of rotatable bonds is 5. The quantitative estimate of drug-likeness (QED) is 0.848. The first-order valence-corrected chi connectivity index (χ1v) is 7.99. The lowest BCUT2D eigenvalue weighted by Gasteiger charge is -2.25. The molecule has 0 unspecified atom stereocenters. The van der Waals surface area contributed by atoms with Crippen molar-refractivity contribution < 1.29 is 4.74 Å². The van der Waals surface area contributed by atoms with E-state index in [4.69, 9.17) is 4.74 Å². The zero-order chi connectivity index (χ0) is 15.4. The molecule has 2 heterocycles. The van der Waals surface area contributed by atoms with Crippen LogP contribution in [0.5, 0.6) is 5.75 Å². The molecule has 1 aromatic heterocycles. The SMILES string of the molecule is CCc1nccc(CN2CCC[C@H]2c2ccccc2OC)n1. The fraction of sp³-hybridized carbons (Fsp3) is 0.444. The lowest BCUT2D eigenvalue weighted by atomic mass is 10.0. The van der Waals surface area contributed by atoms with Gasteiger partial charge in [-0.25, -0.2) is 9.97 Å². The Balaban J connectivity index is 1.81. The molecular weight excluding hydrogens is 274 g/mol. The van der Waals surface area contributed by atoms with E-state index in [1.807, 2.05) is 24.4 Å². The Labute approximate surface area is 132 Å². The number of aryl methyl sites for hydroxylation is 1. The molecule has 0 N–H and O–H groups in total. The maximum absolute atomic E-state index is 5.54. The van der Waals surface area contributed by atoms with Crippen LogP contribution in [0, 0.1) is 0 Å². The third-order valence-corrected chi connectivity index (χ3v) is 4.31. The maximum atomic E-state index is 5.54. The van der Waals surface area contributed by atoms with Gasteiger partial charge < -0.3 is 4.74 Å². The summed E-state index contributed by atoms with van der Waals surface area (Å²) in [6, 6.07) is 10.8. The topological polar surface area (TPSA) is 38.2 Å². The number of hydrogen-bond donors (Lipinski definition) is 0. The van der Waals surface area contributed by atoms with E-state index < -0.39 is 0 Å². The summed E-state index contributed by atoms with van der Waals surface area (Å²) in [6.45, 7) is 4.07. The first kappa shape index (κ1) is 15.0. The van der Waals surface area contributed by atoms with E-state index in [2.05, 4.69) is 33.9 Å².